The van der Waals surface area contributed by atoms with Gasteiger partial charge >= 0.3 is 0 Å². The lowest BCUT2D eigenvalue weighted by Gasteiger charge is -2.57. The van der Waals surface area contributed by atoms with Gasteiger partial charge in [-0.2, -0.15) is 0 Å². The van der Waals surface area contributed by atoms with E-state index in [2.05, 4.69) is 37.8 Å². The molecular weight excluding hydrogens is 438 g/mol. The van der Waals surface area contributed by atoms with Gasteiger partial charge in [0.1, 0.15) is 0 Å². The number of hydrogen-bond donors (Lipinski definition) is 3. The Hall–Kier alpha value is -2.46. The van der Waals surface area contributed by atoms with Crippen molar-refractivity contribution in [1.82, 2.24) is 24.7 Å². The molecule has 0 aromatic carbocycles. The van der Waals surface area contributed by atoms with Crippen molar-refractivity contribution in [3.63, 3.8) is 0 Å². The highest BCUT2D eigenvalue weighted by molar-refractivity contribution is 5.75. The van der Waals surface area contributed by atoms with Crippen molar-refractivity contribution in [3.8, 4) is 0 Å². The van der Waals surface area contributed by atoms with E-state index in [9.17, 15) is 4.79 Å². The Bertz CT molecular complexity index is 711. The number of carbonyl (C=O) groups excluding carboxylic acids is 1. The summed E-state index contributed by atoms with van der Waals surface area (Å²) in [6, 6.07) is 1.26. The fourth-order valence-electron chi connectivity index (χ4n) is 5.90. The summed E-state index contributed by atoms with van der Waals surface area (Å²) in [6.07, 6.45) is 14.0. The first-order valence-electron chi connectivity index (χ1n) is 12.4. The van der Waals surface area contributed by atoms with Gasteiger partial charge in [-0.15, -0.1) is 0 Å². The first-order valence-corrected chi connectivity index (χ1v) is 12.4. The van der Waals surface area contributed by atoms with Crippen LogP contribution in [0.4, 0.5) is 0 Å². The van der Waals surface area contributed by atoms with E-state index in [1.807, 2.05) is 12.5 Å². The number of rotatable bonds is 8. The average molecular weight is 480 g/mol. The number of nitrogens with one attached hydrogen (secondary N) is 1. The fourth-order valence-corrected chi connectivity index (χ4v) is 5.90. The maximum absolute atomic E-state index is 12.1. The minimum absolute atomic E-state index is 0.228. The summed E-state index contributed by atoms with van der Waals surface area (Å²) in [5, 5.41) is 17.0. The topological polar surface area (TPSA) is 128 Å². The smallest absolute Gasteiger partial charge is 0.290 e. The van der Waals surface area contributed by atoms with Crippen LogP contribution in [0.5, 0.6) is 0 Å². The van der Waals surface area contributed by atoms with Gasteiger partial charge in [-0.1, -0.05) is 13.3 Å². The summed E-state index contributed by atoms with van der Waals surface area (Å²) in [6.45, 7) is 8.33. The zero-order valence-electron chi connectivity index (χ0n) is 20.3. The SMILES string of the molecule is CCCC(=O)NC[C@H]1[C@H]2C[C@H](CN(CCCn3ccnc3)C2)[C@@H]2CCCCN21.O=CO.O=CO. The molecule has 0 radical (unpaired) electrons. The number of amides is 1. The van der Waals surface area contributed by atoms with Gasteiger partial charge in [-0.05, 0) is 57.0 Å². The van der Waals surface area contributed by atoms with E-state index in [1.54, 1.807) is 0 Å². The Labute approximate surface area is 202 Å². The Morgan fingerprint density at radius 2 is 1.88 bits per heavy atom. The van der Waals surface area contributed by atoms with Crippen LogP contribution in [0, 0.1) is 11.8 Å². The highest BCUT2D eigenvalue weighted by Crippen LogP contribution is 2.41. The lowest BCUT2D eigenvalue weighted by atomic mass is 9.72. The third kappa shape index (κ3) is 8.39. The highest BCUT2D eigenvalue weighted by Gasteiger charge is 2.46. The van der Waals surface area contributed by atoms with Crippen molar-refractivity contribution in [2.45, 2.75) is 70.5 Å². The monoisotopic (exact) mass is 479 g/mol. The minimum Gasteiger partial charge on any atom is -0.483 e. The van der Waals surface area contributed by atoms with Crippen LogP contribution in [-0.4, -0.2) is 93.2 Å². The summed E-state index contributed by atoms with van der Waals surface area (Å²) in [5.74, 6) is 1.74. The van der Waals surface area contributed by atoms with Crippen LogP contribution in [0.3, 0.4) is 0 Å². The van der Waals surface area contributed by atoms with Gasteiger partial charge in [0.15, 0.2) is 0 Å². The molecule has 3 N–H and O–H groups in total. The molecule has 192 valence electrons. The van der Waals surface area contributed by atoms with Gasteiger partial charge in [0, 0.05) is 57.1 Å². The predicted octanol–water partition coefficient (Wildman–Crippen LogP) is 1.77. The van der Waals surface area contributed by atoms with Crippen LogP contribution in [-0.2, 0) is 20.9 Å². The number of aryl methyl sites for hydroxylation is 1. The van der Waals surface area contributed by atoms with Crippen LogP contribution in [0.2, 0.25) is 0 Å². The molecule has 1 aromatic heterocycles. The van der Waals surface area contributed by atoms with Gasteiger partial charge in [0.25, 0.3) is 12.9 Å². The van der Waals surface area contributed by atoms with E-state index in [0.717, 1.165) is 31.5 Å². The molecule has 3 saturated heterocycles. The number of piperidine rings is 3. The molecule has 4 atom stereocenters. The van der Waals surface area contributed by atoms with Gasteiger partial charge in [0.2, 0.25) is 5.91 Å². The largest absolute Gasteiger partial charge is 0.483 e. The third-order valence-corrected chi connectivity index (χ3v) is 7.13. The summed E-state index contributed by atoms with van der Waals surface area (Å²) in [5.41, 5.74) is 0. The molecule has 2 bridgehead atoms. The Balaban J connectivity index is 0.000000618. The van der Waals surface area contributed by atoms with Gasteiger partial charge in [0.05, 0.1) is 6.33 Å². The number of hydrogen-bond acceptors (Lipinski definition) is 6. The quantitative estimate of drug-likeness (QED) is 0.481. The molecule has 0 spiro atoms. The first kappa shape index (κ1) is 27.8. The van der Waals surface area contributed by atoms with E-state index in [0.29, 0.717) is 18.4 Å². The summed E-state index contributed by atoms with van der Waals surface area (Å²) in [4.78, 5) is 38.5. The van der Waals surface area contributed by atoms with Crippen molar-refractivity contribution >= 4 is 18.9 Å². The van der Waals surface area contributed by atoms with Crippen LogP contribution >= 0.6 is 0 Å². The van der Waals surface area contributed by atoms with Crippen molar-refractivity contribution in [2.75, 3.05) is 32.7 Å². The highest BCUT2D eigenvalue weighted by atomic mass is 16.3. The second kappa shape index (κ2) is 15.4. The molecule has 34 heavy (non-hydrogen) atoms. The number of carbonyl (C=O) groups is 3. The van der Waals surface area contributed by atoms with Crippen molar-refractivity contribution in [2.24, 2.45) is 11.8 Å². The van der Waals surface area contributed by atoms with E-state index in [-0.39, 0.29) is 18.9 Å². The molecule has 0 aliphatic carbocycles. The molecule has 3 fully saturated rings. The molecule has 4 heterocycles. The Kier molecular flexibility index (Phi) is 12.6. The maximum Gasteiger partial charge on any atom is 0.290 e. The first-order chi connectivity index (χ1) is 16.6. The minimum atomic E-state index is -0.250. The number of nitrogens with zero attached hydrogens (tertiary/aromatic N) is 4. The molecule has 1 aromatic rings. The number of likely N-dealkylation sites (tertiary alicyclic amines) is 1. The zero-order chi connectivity index (χ0) is 24.8. The number of aromatic nitrogens is 2. The zero-order valence-corrected chi connectivity index (χ0v) is 20.3. The summed E-state index contributed by atoms with van der Waals surface area (Å²) in [7, 11) is 0. The summed E-state index contributed by atoms with van der Waals surface area (Å²) < 4.78 is 2.18. The van der Waals surface area contributed by atoms with Crippen molar-refractivity contribution in [1.29, 1.82) is 0 Å². The molecule has 10 heteroatoms. The molecule has 0 saturated carbocycles. The molecule has 0 unspecified atom stereocenters. The van der Waals surface area contributed by atoms with E-state index >= 15 is 0 Å². The normalized spacial score (nSPS) is 26.0. The second-order valence-corrected chi connectivity index (χ2v) is 9.30. The molecule has 4 rings (SSSR count). The predicted molar refractivity (Wildman–Crippen MR) is 128 cm³/mol. The van der Waals surface area contributed by atoms with E-state index < -0.39 is 0 Å². The molecular formula is C24H41N5O5. The van der Waals surface area contributed by atoms with Crippen LogP contribution in [0.25, 0.3) is 0 Å². The molecule has 3 aliphatic rings. The van der Waals surface area contributed by atoms with E-state index in [1.165, 1.54) is 58.3 Å². The number of fused-ring (bicyclic) bond motifs is 4. The second-order valence-electron chi connectivity index (χ2n) is 9.30. The maximum atomic E-state index is 12.1. The third-order valence-electron chi connectivity index (χ3n) is 7.13. The van der Waals surface area contributed by atoms with Gasteiger partial charge in [-0.3, -0.25) is 19.3 Å². The Morgan fingerprint density at radius 3 is 2.56 bits per heavy atom. The summed E-state index contributed by atoms with van der Waals surface area (Å²) >= 11 is 0. The standard InChI is InChI=1S/C22H37N5O.2CH2O2/c1-2-6-22(28)24-14-21-19-13-18(20-7-3-4-11-27(20)21)15-26(16-19)10-5-9-25-12-8-23-17-25;2*2-1-3/h8,12,17-21H,2-7,9-11,13-16H2,1H3,(H,24,28);2*1H,(H,2,3)/t18-,19+,20+,21+;;/m1../s1. The Morgan fingerprint density at radius 1 is 1.15 bits per heavy atom. The number of imidazole rings is 1. The van der Waals surface area contributed by atoms with Gasteiger partial charge < -0.3 is 25.0 Å². The van der Waals surface area contributed by atoms with Gasteiger partial charge in [-0.25, -0.2) is 4.98 Å². The fraction of sp³-hybridized carbons (Fsp3) is 0.750. The average Bonchev–Trinajstić information content (AvgIpc) is 3.34. The van der Waals surface area contributed by atoms with Crippen molar-refractivity contribution in [3.05, 3.63) is 18.7 Å². The lowest BCUT2D eigenvalue weighted by molar-refractivity contribution is -0.123. The van der Waals surface area contributed by atoms with Crippen molar-refractivity contribution < 1.29 is 24.6 Å². The molecule has 3 aliphatic heterocycles. The molecule has 10 nitrogen and oxygen atoms in total. The molecule has 1 amide bonds. The van der Waals surface area contributed by atoms with E-state index in [4.69, 9.17) is 19.8 Å². The van der Waals surface area contributed by atoms with Crippen LogP contribution < -0.4 is 5.32 Å². The van der Waals surface area contributed by atoms with Crippen LogP contribution in [0.1, 0.15) is 51.9 Å². The lowest BCUT2D eigenvalue weighted by Crippen LogP contribution is -2.65. The van der Waals surface area contributed by atoms with Crippen LogP contribution in [0.15, 0.2) is 18.7 Å². The number of carboxylic acid groups (broad SMARTS) is 2.